The van der Waals surface area contributed by atoms with Gasteiger partial charge in [0.15, 0.2) is 0 Å². The molecule has 1 heterocycles. The zero-order valence-corrected chi connectivity index (χ0v) is 8.19. The lowest BCUT2D eigenvalue weighted by atomic mass is 10.1. The van der Waals surface area contributed by atoms with Crippen LogP contribution in [0.4, 0.5) is 4.39 Å². The number of rotatable bonds is 1. The molecular weight excluding hydrogens is 203 g/mol. The largest absolute Gasteiger partial charge is 0.478 e. The van der Waals surface area contributed by atoms with Crippen LogP contribution in [-0.4, -0.2) is 11.1 Å². The Kier molecular flexibility index (Phi) is 2.00. The van der Waals surface area contributed by atoms with Crippen molar-refractivity contribution in [3.8, 4) is 0 Å². The Morgan fingerprint density at radius 2 is 2.21 bits per heavy atom. The van der Waals surface area contributed by atoms with Crippen LogP contribution >= 0.6 is 11.3 Å². The molecule has 0 fully saturated rings. The fourth-order valence-electron chi connectivity index (χ4n) is 1.40. The molecule has 1 aromatic carbocycles. The van der Waals surface area contributed by atoms with Gasteiger partial charge in [-0.05, 0) is 24.6 Å². The molecule has 14 heavy (non-hydrogen) atoms. The van der Waals surface area contributed by atoms with E-state index in [1.165, 1.54) is 22.8 Å². The van der Waals surface area contributed by atoms with Crippen LogP contribution in [0, 0.1) is 12.7 Å². The number of aryl methyl sites for hydroxylation is 1. The number of halogens is 1. The lowest BCUT2D eigenvalue weighted by Crippen LogP contribution is -1.95. The van der Waals surface area contributed by atoms with Gasteiger partial charge in [0.05, 0.1) is 5.56 Å². The van der Waals surface area contributed by atoms with Crippen LogP contribution in [0.1, 0.15) is 15.9 Å². The van der Waals surface area contributed by atoms with Crippen molar-refractivity contribution in [1.82, 2.24) is 0 Å². The molecule has 0 saturated carbocycles. The maximum Gasteiger partial charge on any atom is 0.337 e. The van der Waals surface area contributed by atoms with Crippen LogP contribution in [0.25, 0.3) is 10.1 Å². The first-order valence-electron chi connectivity index (χ1n) is 4.00. The fourth-order valence-corrected chi connectivity index (χ4v) is 2.45. The van der Waals surface area contributed by atoms with Crippen LogP contribution in [0.5, 0.6) is 0 Å². The molecule has 2 nitrogen and oxygen atoms in total. The number of thiophene rings is 1. The Bertz CT molecular complexity index is 516. The normalized spacial score (nSPS) is 10.7. The van der Waals surface area contributed by atoms with Gasteiger partial charge in [-0.25, -0.2) is 9.18 Å². The molecule has 0 amide bonds. The predicted octanol–water partition coefficient (Wildman–Crippen LogP) is 3.05. The van der Waals surface area contributed by atoms with Gasteiger partial charge in [0.25, 0.3) is 0 Å². The van der Waals surface area contributed by atoms with Crippen molar-refractivity contribution in [2.75, 3.05) is 0 Å². The monoisotopic (exact) mass is 210 g/mol. The molecule has 0 radical (unpaired) electrons. The highest BCUT2D eigenvalue weighted by Crippen LogP contribution is 2.29. The first-order valence-corrected chi connectivity index (χ1v) is 4.88. The average Bonchev–Trinajstić information content (AvgIpc) is 2.47. The SMILES string of the molecule is Cc1cc(F)c2c(C(=O)O)csc2c1. The van der Waals surface area contributed by atoms with Gasteiger partial charge in [-0.2, -0.15) is 0 Å². The van der Waals surface area contributed by atoms with Crippen molar-refractivity contribution < 1.29 is 14.3 Å². The number of hydrogen-bond acceptors (Lipinski definition) is 2. The van der Waals surface area contributed by atoms with Gasteiger partial charge in [-0.3, -0.25) is 0 Å². The van der Waals surface area contributed by atoms with Crippen molar-refractivity contribution in [2.24, 2.45) is 0 Å². The molecule has 0 aliphatic carbocycles. The fraction of sp³-hybridized carbons (Fsp3) is 0.100. The first kappa shape index (κ1) is 9.15. The summed E-state index contributed by atoms with van der Waals surface area (Å²) in [6.45, 7) is 1.78. The van der Waals surface area contributed by atoms with Crippen LogP contribution in [-0.2, 0) is 0 Å². The molecule has 2 rings (SSSR count). The van der Waals surface area contributed by atoms with E-state index in [4.69, 9.17) is 5.11 Å². The minimum Gasteiger partial charge on any atom is -0.478 e. The van der Waals surface area contributed by atoms with E-state index in [1.807, 2.05) is 0 Å². The van der Waals surface area contributed by atoms with Gasteiger partial charge in [0.2, 0.25) is 0 Å². The number of aromatic carboxylic acids is 1. The summed E-state index contributed by atoms with van der Waals surface area (Å²) < 4.78 is 14.1. The van der Waals surface area contributed by atoms with Crippen molar-refractivity contribution in [1.29, 1.82) is 0 Å². The summed E-state index contributed by atoms with van der Waals surface area (Å²) in [7, 11) is 0. The van der Waals surface area contributed by atoms with E-state index in [9.17, 15) is 9.18 Å². The number of hydrogen-bond donors (Lipinski definition) is 1. The number of fused-ring (bicyclic) bond motifs is 1. The number of carboxylic acids is 1. The molecule has 0 aliphatic heterocycles. The van der Waals surface area contributed by atoms with Crippen LogP contribution < -0.4 is 0 Å². The van der Waals surface area contributed by atoms with Crippen LogP contribution in [0.2, 0.25) is 0 Å². The third-order valence-electron chi connectivity index (χ3n) is 2.00. The Morgan fingerprint density at radius 1 is 1.50 bits per heavy atom. The maximum atomic E-state index is 13.4. The lowest BCUT2D eigenvalue weighted by molar-refractivity contribution is 0.0699. The second-order valence-electron chi connectivity index (χ2n) is 3.07. The molecule has 1 N–H and O–H groups in total. The minimum absolute atomic E-state index is 0.0440. The highest BCUT2D eigenvalue weighted by atomic mass is 32.1. The van der Waals surface area contributed by atoms with Gasteiger partial charge in [-0.15, -0.1) is 11.3 Å². The minimum atomic E-state index is -1.08. The number of carboxylic acid groups (broad SMARTS) is 1. The summed E-state index contributed by atoms with van der Waals surface area (Å²) in [5.74, 6) is -1.54. The van der Waals surface area contributed by atoms with E-state index < -0.39 is 11.8 Å². The summed E-state index contributed by atoms with van der Waals surface area (Å²) in [6, 6.07) is 3.14. The van der Waals surface area contributed by atoms with E-state index in [1.54, 1.807) is 13.0 Å². The third kappa shape index (κ3) is 1.28. The van der Waals surface area contributed by atoms with E-state index in [0.717, 1.165) is 5.56 Å². The summed E-state index contributed by atoms with van der Waals surface area (Å²) >= 11 is 1.25. The van der Waals surface area contributed by atoms with E-state index in [2.05, 4.69) is 0 Å². The Balaban J connectivity index is 2.85. The summed E-state index contributed by atoms with van der Waals surface area (Å²) in [5, 5.41) is 10.5. The molecule has 0 aliphatic rings. The van der Waals surface area contributed by atoms with E-state index in [-0.39, 0.29) is 10.9 Å². The standard InChI is InChI=1S/C10H7FO2S/c1-5-2-7(11)9-6(10(12)13)4-14-8(9)3-5/h2-4H,1H3,(H,12,13). The molecule has 0 atom stereocenters. The third-order valence-corrected chi connectivity index (χ3v) is 2.93. The second kappa shape index (κ2) is 3.06. The Hall–Kier alpha value is -1.42. The highest BCUT2D eigenvalue weighted by Gasteiger charge is 2.14. The van der Waals surface area contributed by atoms with Crippen molar-refractivity contribution >= 4 is 27.4 Å². The molecule has 0 bridgehead atoms. The van der Waals surface area contributed by atoms with Crippen LogP contribution in [0.3, 0.4) is 0 Å². The molecule has 2 aromatic rings. The van der Waals surface area contributed by atoms with Gasteiger partial charge in [-0.1, -0.05) is 0 Å². The van der Waals surface area contributed by atoms with E-state index in [0.29, 0.717) is 4.70 Å². The summed E-state index contributed by atoms with van der Waals surface area (Å²) in [5.41, 5.74) is 0.844. The molecule has 1 aromatic heterocycles. The molecule has 0 spiro atoms. The molecule has 0 saturated heterocycles. The van der Waals surface area contributed by atoms with Crippen molar-refractivity contribution in [3.05, 3.63) is 34.5 Å². The lowest BCUT2D eigenvalue weighted by Gasteiger charge is -1.97. The average molecular weight is 210 g/mol. The maximum absolute atomic E-state index is 13.4. The Labute approximate surface area is 83.6 Å². The van der Waals surface area contributed by atoms with Crippen LogP contribution in [0.15, 0.2) is 17.5 Å². The van der Waals surface area contributed by atoms with E-state index >= 15 is 0 Å². The van der Waals surface area contributed by atoms with Gasteiger partial charge >= 0.3 is 5.97 Å². The topological polar surface area (TPSA) is 37.3 Å². The van der Waals surface area contributed by atoms with Crippen molar-refractivity contribution in [3.63, 3.8) is 0 Å². The second-order valence-corrected chi connectivity index (χ2v) is 3.99. The summed E-state index contributed by atoms with van der Waals surface area (Å²) in [6.07, 6.45) is 0. The Morgan fingerprint density at radius 3 is 2.86 bits per heavy atom. The smallest absolute Gasteiger partial charge is 0.337 e. The zero-order valence-electron chi connectivity index (χ0n) is 7.37. The van der Waals surface area contributed by atoms with Gasteiger partial charge in [0, 0.05) is 15.5 Å². The van der Waals surface area contributed by atoms with Gasteiger partial charge in [0.1, 0.15) is 5.82 Å². The predicted molar refractivity (Wildman–Crippen MR) is 53.5 cm³/mol. The molecule has 0 unspecified atom stereocenters. The number of benzene rings is 1. The first-order chi connectivity index (χ1) is 6.59. The highest BCUT2D eigenvalue weighted by molar-refractivity contribution is 7.17. The molecular formula is C10H7FO2S. The number of carbonyl (C=O) groups is 1. The van der Waals surface area contributed by atoms with Crippen molar-refractivity contribution in [2.45, 2.75) is 6.92 Å². The quantitative estimate of drug-likeness (QED) is 0.785. The summed E-state index contributed by atoms with van der Waals surface area (Å²) in [4.78, 5) is 10.8. The van der Waals surface area contributed by atoms with Gasteiger partial charge < -0.3 is 5.11 Å². The molecule has 72 valence electrons. The molecule has 4 heteroatoms. The zero-order chi connectivity index (χ0) is 10.3.